The number of hydrogen-bond acceptors (Lipinski definition) is 4. The second-order valence-electron chi connectivity index (χ2n) is 6.16. The molecule has 0 fully saturated rings. The van der Waals surface area contributed by atoms with Gasteiger partial charge >= 0.3 is 0 Å². The van der Waals surface area contributed by atoms with E-state index in [4.69, 9.17) is 0 Å². The van der Waals surface area contributed by atoms with Crippen molar-refractivity contribution in [2.24, 2.45) is 0 Å². The first kappa shape index (κ1) is 16.5. The third-order valence-electron chi connectivity index (χ3n) is 4.67. The summed E-state index contributed by atoms with van der Waals surface area (Å²) in [6, 6.07) is 16.6. The fraction of sp³-hybridized carbons (Fsp3) is 0.150. The summed E-state index contributed by atoms with van der Waals surface area (Å²) < 4.78 is 0. The average molecular weight is 363 g/mol. The molecule has 1 N–H and O–H groups in total. The molecule has 26 heavy (non-hydrogen) atoms. The molecule has 0 spiro atoms. The molecule has 5 nitrogen and oxygen atoms in total. The molecule has 0 aliphatic carbocycles. The van der Waals surface area contributed by atoms with E-state index >= 15 is 0 Å². The highest BCUT2D eigenvalue weighted by Gasteiger charge is 2.42. The topological polar surface area (TPSA) is 62.3 Å². The van der Waals surface area contributed by atoms with Crippen LogP contribution in [-0.2, 0) is 4.79 Å². The number of benzene rings is 2. The van der Waals surface area contributed by atoms with E-state index in [2.05, 4.69) is 10.3 Å². The Labute approximate surface area is 155 Å². The summed E-state index contributed by atoms with van der Waals surface area (Å²) in [6.45, 7) is 0. The van der Waals surface area contributed by atoms with Crippen LogP contribution >= 0.6 is 11.3 Å². The largest absolute Gasteiger partial charge is 0.334 e. The van der Waals surface area contributed by atoms with Crippen LogP contribution in [0.15, 0.2) is 66.2 Å². The van der Waals surface area contributed by atoms with Crippen LogP contribution in [-0.4, -0.2) is 28.7 Å². The molecule has 1 aliphatic heterocycles. The number of nitrogens with zero attached hydrogens (tertiary/aromatic N) is 2. The Morgan fingerprint density at radius 1 is 1.12 bits per heavy atom. The Balaban J connectivity index is 1.83. The number of aromatic nitrogens is 1. The molecule has 130 valence electrons. The summed E-state index contributed by atoms with van der Waals surface area (Å²) in [5, 5.41) is 5.27. The van der Waals surface area contributed by atoms with E-state index in [0.717, 1.165) is 11.1 Å². The van der Waals surface area contributed by atoms with Gasteiger partial charge in [-0.15, -0.1) is 11.3 Å². The number of carbonyl (C=O) groups is 2. The SMILES string of the molecule is CN1C(=O)c2ccccc2[C@H](C(=O)Nc2nccs2)[C@@H]1c1ccccc1. The number of thiazole rings is 1. The number of rotatable bonds is 3. The fourth-order valence-corrected chi connectivity index (χ4v) is 4.02. The molecular formula is C20H17N3O2S. The van der Waals surface area contributed by atoms with E-state index < -0.39 is 5.92 Å². The van der Waals surface area contributed by atoms with Gasteiger partial charge in [-0.1, -0.05) is 48.5 Å². The maximum atomic E-state index is 13.2. The fourth-order valence-electron chi connectivity index (χ4n) is 3.49. The predicted molar refractivity (Wildman–Crippen MR) is 101 cm³/mol. The second-order valence-corrected chi connectivity index (χ2v) is 7.06. The molecule has 3 aromatic rings. The van der Waals surface area contributed by atoms with Gasteiger partial charge in [0.2, 0.25) is 5.91 Å². The number of nitrogens with one attached hydrogen (secondary N) is 1. The van der Waals surface area contributed by atoms with Crippen LogP contribution in [0.2, 0.25) is 0 Å². The Kier molecular flexibility index (Phi) is 4.26. The highest BCUT2D eigenvalue weighted by Crippen LogP contribution is 2.42. The van der Waals surface area contributed by atoms with Gasteiger partial charge in [0.1, 0.15) is 0 Å². The number of likely N-dealkylation sites (N-methyl/N-ethyl adjacent to an activating group) is 1. The number of fused-ring (bicyclic) bond motifs is 1. The zero-order valence-electron chi connectivity index (χ0n) is 14.1. The second kappa shape index (κ2) is 6.72. The molecule has 2 amide bonds. The molecule has 0 saturated carbocycles. The van der Waals surface area contributed by atoms with Gasteiger partial charge in [-0.3, -0.25) is 9.59 Å². The van der Waals surface area contributed by atoms with Crippen molar-refractivity contribution in [1.29, 1.82) is 0 Å². The van der Waals surface area contributed by atoms with Crippen molar-refractivity contribution in [1.82, 2.24) is 9.88 Å². The Morgan fingerprint density at radius 2 is 1.85 bits per heavy atom. The quantitative estimate of drug-likeness (QED) is 0.772. The van der Waals surface area contributed by atoms with Crippen molar-refractivity contribution in [3.63, 3.8) is 0 Å². The molecule has 1 aromatic heterocycles. The minimum Gasteiger partial charge on any atom is -0.334 e. The van der Waals surface area contributed by atoms with Crippen molar-refractivity contribution in [3.8, 4) is 0 Å². The van der Waals surface area contributed by atoms with Crippen LogP contribution < -0.4 is 5.32 Å². The molecule has 0 radical (unpaired) electrons. The van der Waals surface area contributed by atoms with Crippen LogP contribution in [0.3, 0.4) is 0 Å². The van der Waals surface area contributed by atoms with Crippen molar-refractivity contribution in [2.45, 2.75) is 12.0 Å². The summed E-state index contributed by atoms with van der Waals surface area (Å²) in [6.07, 6.45) is 1.65. The van der Waals surface area contributed by atoms with Crippen molar-refractivity contribution in [2.75, 3.05) is 12.4 Å². The van der Waals surface area contributed by atoms with Gasteiger partial charge in [0, 0.05) is 24.2 Å². The van der Waals surface area contributed by atoms with Gasteiger partial charge in [-0.05, 0) is 17.2 Å². The summed E-state index contributed by atoms with van der Waals surface area (Å²) >= 11 is 1.37. The van der Waals surface area contributed by atoms with Crippen molar-refractivity contribution < 1.29 is 9.59 Å². The number of hydrogen-bond donors (Lipinski definition) is 1. The maximum Gasteiger partial charge on any atom is 0.254 e. The van der Waals surface area contributed by atoms with E-state index in [1.54, 1.807) is 24.2 Å². The molecule has 0 saturated heterocycles. The summed E-state index contributed by atoms with van der Waals surface area (Å²) in [7, 11) is 1.75. The predicted octanol–water partition coefficient (Wildman–Crippen LogP) is 3.69. The average Bonchev–Trinajstić information content (AvgIpc) is 3.18. The molecule has 0 bridgehead atoms. The van der Waals surface area contributed by atoms with Crippen LogP contribution in [0, 0.1) is 0 Å². The molecule has 4 rings (SSSR count). The first-order chi connectivity index (χ1) is 12.7. The lowest BCUT2D eigenvalue weighted by Gasteiger charge is -2.39. The normalized spacial score (nSPS) is 19.1. The van der Waals surface area contributed by atoms with Crippen molar-refractivity contribution in [3.05, 3.63) is 82.9 Å². The molecular weight excluding hydrogens is 346 g/mol. The molecule has 6 heteroatoms. The highest BCUT2D eigenvalue weighted by atomic mass is 32.1. The number of anilines is 1. The van der Waals surface area contributed by atoms with E-state index in [-0.39, 0.29) is 17.9 Å². The van der Waals surface area contributed by atoms with Gasteiger partial charge < -0.3 is 10.2 Å². The molecule has 2 atom stereocenters. The summed E-state index contributed by atoms with van der Waals surface area (Å²) in [5.41, 5.74) is 2.25. The molecule has 2 aromatic carbocycles. The Hall–Kier alpha value is -2.99. The van der Waals surface area contributed by atoms with Gasteiger partial charge in [-0.2, -0.15) is 0 Å². The van der Waals surface area contributed by atoms with Crippen LogP contribution in [0.1, 0.15) is 33.4 Å². The standard InChI is InChI=1S/C20H17N3O2S/c1-23-17(13-7-3-2-4-8-13)16(18(24)22-20-21-11-12-26-20)14-9-5-6-10-15(14)19(23)25/h2-12,16-17H,1H3,(H,21,22,24)/t16-,17-/m0/s1. The van der Waals surface area contributed by atoms with E-state index in [1.165, 1.54) is 11.3 Å². The van der Waals surface area contributed by atoms with Gasteiger partial charge in [0.05, 0.1) is 12.0 Å². The molecule has 0 unspecified atom stereocenters. The lowest BCUT2D eigenvalue weighted by Crippen LogP contribution is -2.44. The summed E-state index contributed by atoms with van der Waals surface area (Å²) in [4.78, 5) is 31.9. The van der Waals surface area contributed by atoms with Gasteiger partial charge in [0.15, 0.2) is 5.13 Å². The highest BCUT2D eigenvalue weighted by molar-refractivity contribution is 7.13. The Bertz CT molecular complexity index is 941. The summed E-state index contributed by atoms with van der Waals surface area (Å²) in [5.74, 6) is -0.756. The third-order valence-corrected chi connectivity index (χ3v) is 5.35. The monoisotopic (exact) mass is 363 g/mol. The van der Waals surface area contributed by atoms with Crippen LogP contribution in [0.5, 0.6) is 0 Å². The van der Waals surface area contributed by atoms with E-state index in [0.29, 0.717) is 10.7 Å². The lowest BCUT2D eigenvalue weighted by molar-refractivity contribution is -0.119. The van der Waals surface area contributed by atoms with Gasteiger partial charge in [-0.25, -0.2) is 4.98 Å². The lowest BCUT2D eigenvalue weighted by atomic mass is 9.79. The number of amides is 2. The first-order valence-corrected chi connectivity index (χ1v) is 9.16. The molecule has 2 heterocycles. The minimum absolute atomic E-state index is 0.0762. The van der Waals surface area contributed by atoms with Crippen LogP contribution in [0.25, 0.3) is 0 Å². The first-order valence-electron chi connectivity index (χ1n) is 8.28. The Morgan fingerprint density at radius 3 is 2.58 bits per heavy atom. The van der Waals surface area contributed by atoms with E-state index in [9.17, 15) is 9.59 Å². The van der Waals surface area contributed by atoms with Gasteiger partial charge in [0.25, 0.3) is 5.91 Å². The van der Waals surface area contributed by atoms with E-state index in [1.807, 2.05) is 53.9 Å². The minimum atomic E-state index is -0.514. The van der Waals surface area contributed by atoms with Crippen LogP contribution in [0.4, 0.5) is 5.13 Å². The zero-order chi connectivity index (χ0) is 18.1. The molecule has 1 aliphatic rings. The number of carbonyl (C=O) groups excluding carboxylic acids is 2. The third kappa shape index (κ3) is 2.78. The maximum absolute atomic E-state index is 13.2. The smallest absolute Gasteiger partial charge is 0.254 e. The van der Waals surface area contributed by atoms with Crippen molar-refractivity contribution >= 4 is 28.3 Å². The zero-order valence-corrected chi connectivity index (χ0v) is 14.9.